The first-order chi connectivity index (χ1) is 9.61. The molecule has 2 aliphatic rings. The van der Waals surface area contributed by atoms with Gasteiger partial charge in [-0.2, -0.15) is 0 Å². The normalized spacial score (nSPS) is 23.6. The van der Waals surface area contributed by atoms with E-state index in [0.717, 1.165) is 42.9 Å². The highest BCUT2D eigenvalue weighted by Crippen LogP contribution is 2.59. The van der Waals surface area contributed by atoms with Crippen molar-refractivity contribution >= 4 is 17.5 Å². The minimum absolute atomic E-state index is 0.244. The topological polar surface area (TPSA) is 32.3 Å². The Hall–Kier alpha value is -1.06. The van der Waals surface area contributed by atoms with Gasteiger partial charge in [0.15, 0.2) is 0 Å². The number of carbonyl (C=O) groups excluding carboxylic acids is 1. The minimum atomic E-state index is 0.244. The lowest BCUT2D eigenvalue weighted by Gasteiger charge is -2.25. The smallest absolute Gasteiger partial charge is 0.226 e. The number of rotatable bonds is 3. The molecule has 0 aromatic heterocycles. The summed E-state index contributed by atoms with van der Waals surface area (Å²) in [7, 11) is 1.90. The molecule has 1 aliphatic heterocycles. The first-order valence-electron chi connectivity index (χ1n) is 7.31. The van der Waals surface area contributed by atoms with E-state index in [0.29, 0.717) is 17.9 Å². The Morgan fingerprint density at radius 2 is 2.20 bits per heavy atom. The monoisotopic (exact) mass is 292 g/mol. The Morgan fingerprint density at radius 3 is 2.90 bits per heavy atom. The molecule has 1 unspecified atom stereocenters. The van der Waals surface area contributed by atoms with Crippen LogP contribution in [0.4, 0.5) is 0 Å². The van der Waals surface area contributed by atoms with Gasteiger partial charge in [0.2, 0.25) is 5.91 Å². The zero-order chi connectivity index (χ0) is 14.2. The number of halogens is 1. The number of nitrogens with one attached hydrogen (secondary N) is 1. The van der Waals surface area contributed by atoms with Crippen molar-refractivity contribution in [2.24, 2.45) is 11.3 Å². The molecule has 2 fully saturated rings. The lowest BCUT2D eigenvalue weighted by molar-refractivity contribution is -0.132. The van der Waals surface area contributed by atoms with Crippen LogP contribution in [0.3, 0.4) is 0 Å². The Kier molecular flexibility index (Phi) is 3.74. The highest BCUT2D eigenvalue weighted by Gasteiger charge is 2.58. The van der Waals surface area contributed by atoms with E-state index in [4.69, 9.17) is 11.6 Å². The van der Waals surface area contributed by atoms with E-state index in [1.54, 1.807) is 0 Å². The SMILES string of the molecule is CN(Cc1cccc(Cl)c1)C(=O)C1CC12CCNCC2. The van der Waals surface area contributed by atoms with Crippen LogP contribution in [0.15, 0.2) is 24.3 Å². The standard InChI is InChI=1S/C16H21ClN2O/c1-19(11-12-3-2-4-13(17)9-12)15(20)14-10-16(14)5-7-18-8-6-16/h2-4,9,14,18H,5-8,10-11H2,1H3. The molecule has 1 aliphatic carbocycles. The van der Waals surface area contributed by atoms with Crippen LogP contribution in [-0.2, 0) is 11.3 Å². The second kappa shape index (κ2) is 5.38. The number of hydrogen-bond donors (Lipinski definition) is 1. The van der Waals surface area contributed by atoms with Crippen molar-refractivity contribution in [3.05, 3.63) is 34.9 Å². The average Bonchev–Trinajstić information content (AvgIpc) is 3.12. The largest absolute Gasteiger partial charge is 0.341 e. The predicted octanol–water partition coefficient (Wildman–Crippen LogP) is 2.69. The zero-order valence-electron chi connectivity index (χ0n) is 11.9. The van der Waals surface area contributed by atoms with Gasteiger partial charge in [-0.1, -0.05) is 23.7 Å². The average molecular weight is 293 g/mol. The summed E-state index contributed by atoms with van der Waals surface area (Å²) >= 11 is 5.99. The fourth-order valence-corrected chi connectivity index (χ4v) is 3.64. The van der Waals surface area contributed by atoms with E-state index in [9.17, 15) is 4.79 Å². The molecule has 20 heavy (non-hydrogen) atoms. The molecule has 3 nitrogen and oxygen atoms in total. The molecule has 1 aromatic carbocycles. The second-order valence-electron chi connectivity index (χ2n) is 6.19. The van der Waals surface area contributed by atoms with Crippen LogP contribution in [-0.4, -0.2) is 30.9 Å². The van der Waals surface area contributed by atoms with Gasteiger partial charge < -0.3 is 10.2 Å². The van der Waals surface area contributed by atoms with Gasteiger partial charge in [0, 0.05) is 24.5 Å². The summed E-state index contributed by atoms with van der Waals surface area (Å²) in [6.07, 6.45) is 3.37. The highest BCUT2D eigenvalue weighted by atomic mass is 35.5. The fourth-order valence-electron chi connectivity index (χ4n) is 3.43. The maximum absolute atomic E-state index is 12.5. The lowest BCUT2D eigenvalue weighted by atomic mass is 9.91. The van der Waals surface area contributed by atoms with E-state index in [1.807, 2.05) is 36.2 Å². The number of nitrogens with zero attached hydrogens (tertiary/aromatic N) is 1. The summed E-state index contributed by atoms with van der Waals surface area (Å²) < 4.78 is 0. The molecule has 1 N–H and O–H groups in total. The summed E-state index contributed by atoms with van der Waals surface area (Å²) in [6, 6.07) is 7.74. The Labute approximate surface area is 125 Å². The number of hydrogen-bond acceptors (Lipinski definition) is 2. The van der Waals surface area contributed by atoms with E-state index in [-0.39, 0.29) is 5.92 Å². The van der Waals surface area contributed by atoms with E-state index < -0.39 is 0 Å². The van der Waals surface area contributed by atoms with Crippen molar-refractivity contribution in [3.8, 4) is 0 Å². The lowest BCUT2D eigenvalue weighted by Crippen LogP contribution is -2.34. The molecule has 1 amide bonds. The molecule has 1 atom stereocenters. The summed E-state index contributed by atoms with van der Waals surface area (Å²) in [5.41, 5.74) is 1.40. The van der Waals surface area contributed by atoms with Crippen molar-refractivity contribution in [3.63, 3.8) is 0 Å². The molecular formula is C16H21ClN2O. The van der Waals surface area contributed by atoms with E-state index >= 15 is 0 Å². The minimum Gasteiger partial charge on any atom is -0.341 e. The van der Waals surface area contributed by atoms with Crippen LogP contribution in [0.2, 0.25) is 5.02 Å². The number of benzene rings is 1. The summed E-state index contributed by atoms with van der Waals surface area (Å²) in [4.78, 5) is 14.4. The quantitative estimate of drug-likeness (QED) is 0.929. The molecule has 1 heterocycles. The van der Waals surface area contributed by atoms with Gasteiger partial charge in [-0.05, 0) is 55.5 Å². The number of piperidine rings is 1. The van der Waals surface area contributed by atoms with E-state index in [2.05, 4.69) is 5.32 Å². The Morgan fingerprint density at radius 1 is 1.45 bits per heavy atom. The third-order valence-electron chi connectivity index (χ3n) is 4.77. The van der Waals surface area contributed by atoms with Crippen molar-refractivity contribution in [2.45, 2.75) is 25.8 Å². The maximum atomic E-state index is 12.5. The first-order valence-corrected chi connectivity index (χ1v) is 7.69. The van der Waals surface area contributed by atoms with Crippen molar-refractivity contribution in [2.75, 3.05) is 20.1 Å². The van der Waals surface area contributed by atoms with Crippen LogP contribution >= 0.6 is 11.6 Å². The van der Waals surface area contributed by atoms with Crippen molar-refractivity contribution in [1.82, 2.24) is 10.2 Å². The third kappa shape index (κ3) is 2.70. The Balaban J connectivity index is 1.60. The molecule has 108 valence electrons. The molecule has 0 radical (unpaired) electrons. The van der Waals surface area contributed by atoms with Crippen LogP contribution < -0.4 is 5.32 Å². The molecule has 4 heteroatoms. The van der Waals surface area contributed by atoms with Crippen LogP contribution in [0.5, 0.6) is 0 Å². The van der Waals surface area contributed by atoms with Gasteiger partial charge in [-0.3, -0.25) is 4.79 Å². The van der Waals surface area contributed by atoms with E-state index in [1.165, 1.54) is 0 Å². The second-order valence-corrected chi connectivity index (χ2v) is 6.63. The Bertz CT molecular complexity index is 511. The van der Waals surface area contributed by atoms with Gasteiger partial charge in [0.25, 0.3) is 0 Å². The molecule has 1 saturated heterocycles. The molecular weight excluding hydrogens is 272 g/mol. The van der Waals surface area contributed by atoms with Gasteiger partial charge in [0.05, 0.1) is 0 Å². The third-order valence-corrected chi connectivity index (χ3v) is 5.01. The van der Waals surface area contributed by atoms with Crippen LogP contribution in [0.1, 0.15) is 24.8 Å². The van der Waals surface area contributed by atoms with Gasteiger partial charge >= 0.3 is 0 Å². The zero-order valence-corrected chi connectivity index (χ0v) is 12.6. The summed E-state index contributed by atoms with van der Waals surface area (Å²) in [5, 5.41) is 4.10. The van der Waals surface area contributed by atoms with Crippen LogP contribution in [0, 0.1) is 11.3 Å². The number of carbonyl (C=O) groups is 1. The van der Waals surface area contributed by atoms with Crippen molar-refractivity contribution < 1.29 is 4.79 Å². The van der Waals surface area contributed by atoms with Gasteiger partial charge in [-0.15, -0.1) is 0 Å². The molecule has 1 aromatic rings. The molecule has 0 bridgehead atoms. The highest BCUT2D eigenvalue weighted by molar-refractivity contribution is 6.30. The van der Waals surface area contributed by atoms with Gasteiger partial charge in [0.1, 0.15) is 0 Å². The fraction of sp³-hybridized carbons (Fsp3) is 0.562. The number of amides is 1. The molecule has 1 spiro atoms. The van der Waals surface area contributed by atoms with Gasteiger partial charge in [-0.25, -0.2) is 0 Å². The molecule has 1 saturated carbocycles. The predicted molar refractivity (Wildman–Crippen MR) is 80.6 cm³/mol. The maximum Gasteiger partial charge on any atom is 0.226 e. The van der Waals surface area contributed by atoms with Crippen LogP contribution in [0.25, 0.3) is 0 Å². The summed E-state index contributed by atoms with van der Waals surface area (Å²) in [6.45, 7) is 2.76. The molecule has 3 rings (SSSR count). The first kappa shape index (κ1) is 13.9. The summed E-state index contributed by atoms with van der Waals surface area (Å²) in [5.74, 6) is 0.542. The van der Waals surface area contributed by atoms with Crippen molar-refractivity contribution in [1.29, 1.82) is 0 Å².